The molecular formula is C15H23NO. The summed E-state index contributed by atoms with van der Waals surface area (Å²) in [7, 11) is 0. The molecule has 0 aliphatic carbocycles. The van der Waals surface area contributed by atoms with E-state index in [4.69, 9.17) is 0 Å². The van der Waals surface area contributed by atoms with Gasteiger partial charge in [-0.15, -0.1) is 6.58 Å². The van der Waals surface area contributed by atoms with Crippen LogP contribution < -0.4 is 0 Å². The molecule has 0 saturated heterocycles. The summed E-state index contributed by atoms with van der Waals surface area (Å²) in [6.07, 6.45) is 10.4. The number of carbonyl (C=O) groups is 1. The Bertz CT molecular complexity index is 307. The molecule has 0 bridgehead atoms. The Labute approximate surface area is 105 Å². The van der Waals surface area contributed by atoms with Crippen molar-refractivity contribution < 1.29 is 4.79 Å². The lowest BCUT2D eigenvalue weighted by Crippen LogP contribution is -2.27. The average molecular weight is 233 g/mol. The number of carbonyl (C=O) groups excluding carboxylic acids is 1. The molecule has 0 radical (unpaired) electrons. The Morgan fingerprint density at radius 2 is 2.12 bits per heavy atom. The fourth-order valence-electron chi connectivity index (χ4n) is 1.44. The first-order valence-corrected chi connectivity index (χ1v) is 6.21. The molecular weight excluding hydrogens is 210 g/mol. The first-order chi connectivity index (χ1) is 8.26. The number of hydrogen-bond acceptors (Lipinski definition) is 1. The second-order valence-electron chi connectivity index (χ2n) is 3.80. The van der Waals surface area contributed by atoms with Gasteiger partial charge in [0.2, 0.25) is 5.91 Å². The Hall–Kier alpha value is -1.49. The molecule has 0 saturated carbocycles. The summed E-state index contributed by atoms with van der Waals surface area (Å²) in [5, 5.41) is 0. The van der Waals surface area contributed by atoms with Crippen LogP contribution >= 0.6 is 0 Å². The summed E-state index contributed by atoms with van der Waals surface area (Å²) < 4.78 is 0. The summed E-state index contributed by atoms with van der Waals surface area (Å²) in [5.74, 6) is 2.89. The molecule has 1 amide bonds. The average Bonchev–Trinajstić information content (AvgIpc) is 2.34. The molecule has 0 heterocycles. The van der Waals surface area contributed by atoms with Gasteiger partial charge in [0.15, 0.2) is 0 Å². The largest absolute Gasteiger partial charge is 0.274 e. The Morgan fingerprint density at radius 3 is 2.71 bits per heavy atom. The van der Waals surface area contributed by atoms with Crippen LogP contribution in [-0.4, -0.2) is 17.4 Å². The first-order valence-electron chi connectivity index (χ1n) is 6.21. The summed E-state index contributed by atoms with van der Waals surface area (Å²) >= 11 is 0. The van der Waals surface area contributed by atoms with Crippen LogP contribution in [0.4, 0.5) is 0 Å². The number of nitrogens with zero attached hydrogens (tertiary/aromatic N) is 1. The number of amides is 1. The number of unbranched alkanes of at least 4 members (excludes halogenated alkanes) is 2. The Kier molecular flexibility index (Phi) is 10.0. The van der Waals surface area contributed by atoms with E-state index in [9.17, 15) is 4.79 Å². The van der Waals surface area contributed by atoms with Gasteiger partial charge in [0, 0.05) is 19.0 Å². The van der Waals surface area contributed by atoms with Crippen LogP contribution in [0.1, 0.15) is 46.0 Å². The molecule has 0 aliphatic heterocycles. The Balaban J connectivity index is 4.00. The third-order valence-corrected chi connectivity index (χ3v) is 2.35. The third kappa shape index (κ3) is 8.33. The molecule has 0 aromatic carbocycles. The maximum absolute atomic E-state index is 11.8. The first kappa shape index (κ1) is 15.5. The van der Waals surface area contributed by atoms with Crippen LogP contribution in [0.2, 0.25) is 0 Å². The van der Waals surface area contributed by atoms with E-state index in [1.54, 1.807) is 17.9 Å². The smallest absolute Gasteiger partial charge is 0.234 e. The molecule has 0 spiro atoms. The monoisotopic (exact) mass is 233 g/mol. The van der Waals surface area contributed by atoms with Crippen molar-refractivity contribution in [3.8, 4) is 12.0 Å². The minimum absolute atomic E-state index is 0.102. The SMILES string of the molecule is C=CCCC(=O)N(C#CC)CCCC/C=C/C. The lowest BCUT2D eigenvalue weighted by Gasteiger charge is -2.14. The van der Waals surface area contributed by atoms with Crippen molar-refractivity contribution in [3.05, 3.63) is 24.8 Å². The number of hydrogen-bond donors (Lipinski definition) is 0. The quantitative estimate of drug-likeness (QED) is 0.272. The van der Waals surface area contributed by atoms with Gasteiger partial charge in [-0.3, -0.25) is 9.69 Å². The minimum atomic E-state index is 0.102. The normalized spacial score (nSPS) is 9.76. The van der Waals surface area contributed by atoms with Gasteiger partial charge in [0.25, 0.3) is 0 Å². The van der Waals surface area contributed by atoms with Crippen LogP contribution in [0.3, 0.4) is 0 Å². The summed E-state index contributed by atoms with van der Waals surface area (Å²) in [6, 6.07) is 2.86. The van der Waals surface area contributed by atoms with E-state index in [0.29, 0.717) is 6.42 Å². The molecule has 94 valence electrons. The van der Waals surface area contributed by atoms with E-state index in [-0.39, 0.29) is 5.91 Å². The van der Waals surface area contributed by atoms with Gasteiger partial charge in [0.05, 0.1) is 0 Å². The zero-order valence-corrected chi connectivity index (χ0v) is 11.0. The van der Waals surface area contributed by atoms with Gasteiger partial charge >= 0.3 is 0 Å². The highest BCUT2D eigenvalue weighted by Crippen LogP contribution is 2.03. The molecule has 2 nitrogen and oxygen atoms in total. The van der Waals surface area contributed by atoms with E-state index in [0.717, 1.165) is 32.2 Å². The molecule has 0 aromatic heterocycles. The van der Waals surface area contributed by atoms with E-state index in [1.165, 1.54) is 0 Å². The number of allylic oxidation sites excluding steroid dienone is 3. The number of rotatable bonds is 8. The molecule has 0 N–H and O–H groups in total. The van der Waals surface area contributed by atoms with Gasteiger partial charge in [-0.25, -0.2) is 0 Å². The van der Waals surface area contributed by atoms with E-state index >= 15 is 0 Å². The molecule has 2 heteroatoms. The van der Waals surface area contributed by atoms with Crippen molar-refractivity contribution in [3.63, 3.8) is 0 Å². The van der Waals surface area contributed by atoms with Gasteiger partial charge in [-0.2, -0.15) is 0 Å². The highest BCUT2D eigenvalue weighted by molar-refractivity contribution is 5.78. The van der Waals surface area contributed by atoms with Crippen molar-refractivity contribution in [2.45, 2.75) is 46.0 Å². The lowest BCUT2D eigenvalue weighted by molar-refractivity contribution is -0.128. The van der Waals surface area contributed by atoms with Crippen LogP contribution in [0.5, 0.6) is 0 Å². The highest BCUT2D eigenvalue weighted by Gasteiger charge is 2.09. The lowest BCUT2D eigenvalue weighted by atomic mass is 10.2. The molecule has 0 fully saturated rings. The van der Waals surface area contributed by atoms with E-state index < -0.39 is 0 Å². The van der Waals surface area contributed by atoms with Gasteiger partial charge in [-0.1, -0.05) is 24.1 Å². The van der Waals surface area contributed by atoms with E-state index in [1.807, 2.05) is 6.92 Å². The highest BCUT2D eigenvalue weighted by atomic mass is 16.2. The summed E-state index contributed by atoms with van der Waals surface area (Å²) in [4.78, 5) is 13.4. The van der Waals surface area contributed by atoms with Gasteiger partial charge in [0.1, 0.15) is 0 Å². The third-order valence-electron chi connectivity index (χ3n) is 2.35. The van der Waals surface area contributed by atoms with Crippen molar-refractivity contribution in [2.24, 2.45) is 0 Å². The molecule has 0 aliphatic rings. The van der Waals surface area contributed by atoms with Crippen LogP contribution in [0, 0.1) is 12.0 Å². The Morgan fingerprint density at radius 1 is 1.35 bits per heavy atom. The van der Waals surface area contributed by atoms with Crippen molar-refractivity contribution in [2.75, 3.05) is 6.54 Å². The molecule has 0 atom stereocenters. The maximum atomic E-state index is 11.8. The van der Waals surface area contributed by atoms with Crippen molar-refractivity contribution in [1.82, 2.24) is 4.90 Å². The van der Waals surface area contributed by atoms with E-state index in [2.05, 4.69) is 30.7 Å². The van der Waals surface area contributed by atoms with Gasteiger partial charge in [-0.05, 0) is 39.5 Å². The van der Waals surface area contributed by atoms with Crippen LogP contribution in [-0.2, 0) is 4.79 Å². The second kappa shape index (κ2) is 11.0. The topological polar surface area (TPSA) is 20.3 Å². The zero-order valence-electron chi connectivity index (χ0n) is 11.0. The standard InChI is InChI=1S/C15H23NO/c1-4-7-9-10-11-14-16(13-6-3)15(17)12-8-5-2/h4-5,7H,2,8-12,14H2,1,3H3/b7-4+. The predicted octanol–water partition coefficient (Wildman–Crippen LogP) is 3.51. The molecule has 0 rings (SSSR count). The fourth-order valence-corrected chi connectivity index (χ4v) is 1.44. The second-order valence-corrected chi connectivity index (χ2v) is 3.80. The molecule has 17 heavy (non-hydrogen) atoms. The maximum Gasteiger partial charge on any atom is 0.234 e. The molecule has 0 aromatic rings. The zero-order chi connectivity index (χ0) is 12.9. The molecule has 0 unspecified atom stereocenters. The minimum Gasteiger partial charge on any atom is -0.274 e. The van der Waals surface area contributed by atoms with Crippen molar-refractivity contribution in [1.29, 1.82) is 0 Å². The fraction of sp³-hybridized carbons (Fsp3) is 0.533. The predicted molar refractivity (Wildman–Crippen MR) is 73.3 cm³/mol. The summed E-state index contributed by atoms with van der Waals surface area (Å²) in [6.45, 7) is 8.13. The van der Waals surface area contributed by atoms with Crippen LogP contribution in [0.25, 0.3) is 0 Å². The van der Waals surface area contributed by atoms with Crippen LogP contribution in [0.15, 0.2) is 24.8 Å². The summed E-state index contributed by atoms with van der Waals surface area (Å²) in [5.41, 5.74) is 0. The van der Waals surface area contributed by atoms with Gasteiger partial charge < -0.3 is 0 Å². The van der Waals surface area contributed by atoms with Crippen molar-refractivity contribution >= 4 is 5.91 Å².